The molecular formula is C10H18O2. The Kier molecular flexibility index (Phi) is 2.91. The second-order valence-electron chi connectivity index (χ2n) is 4.04. The van der Waals surface area contributed by atoms with E-state index in [2.05, 4.69) is 13.0 Å². The zero-order valence-electron chi connectivity index (χ0n) is 7.88. The standard InChI is InChI=1S/C10H18O2/c1-8-3-5-9(6-4-8)10(2,12)7-11/h5,8,11-12H,3-4,6-7H2,1-2H3. The summed E-state index contributed by atoms with van der Waals surface area (Å²) in [7, 11) is 0. The Bertz CT molecular complexity index is 182. The van der Waals surface area contributed by atoms with Crippen molar-refractivity contribution in [3.8, 4) is 0 Å². The fraction of sp³-hybridized carbons (Fsp3) is 0.800. The highest BCUT2D eigenvalue weighted by atomic mass is 16.3. The monoisotopic (exact) mass is 170 g/mol. The molecule has 0 aromatic carbocycles. The molecule has 2 nitrogen and oxygen atoms in total. The maximum absolute atomic E-state index is 9.72. The Balaban J connectivity index is 2.64. The Morgan fingerprint density at radius 1 is 1.67 bits per heavy atom. The van der Waals surface area contributed by atoms with Crippen molar-refractivity contribution < 1.29 is 10.2 Å². The molecule has 0 aromatic heterocycles. The fourth-order valence-electron chi connectivity index (χ4n) is 1.56. The topological polar surface area (TPSA) is 40.5 Å². The summed E-state index contributed by atoms with van der Waals surface area (Å²) in [5.74, 6) is 0.725. The van der Waals surface area contributed by atoms with E-state index in [9.17, 15) is 5.11 Å². The van der Waals surface area contributed by atoms with Crippen molar-refractivity contribution in [2.24, 2.45) is 5.92 Å². The average molecular weight is 170 g/mol. The van der Waals surface area contributed by atoms with Gasteiger partial charge in [-0.2, -0.15) is 0 Å². The lowest BCUT2D eigenvalue weighted by Gasteiger charge is -2.28. The van der Waals surface area contributed by atoms with Crippen LogP contribution in [0.15, 0.2) is 11.6 Å². The number of rotatable bonds is 2. The fourth-order valence-corrected chi connectivity index (χ4v) is 1.56. The lowest BCUT2D eigenvalue weighted by molar-refractivity contribution is 0.0286. The van der Waals surface area contributed by atoms with Gasteiger partial charge in [0.05, 0.1) is 6.61 Å². The molecule has 0 amide bonds. The number of allylic oxidation sites excluding steroid dienone is 1. The third-order valence-electron chi connectivity index (χ3n) is 2.67. The minimum absolute atomic E-state index is 0.173. The van der Waals surface area contributed by atoms with E-state index >= 15 is 0 Å². The van der Waals surface area contributed by atoms with Gasteiger partial charge < -0.3 is 10.2 Å². The maximum Gasteiger partial charge on any atom is 0.106 e. The Morgan fingerprint density at radius 3 is 2.75 bits per heavy atom. The normalized spacial score (nSPS) is 29.3. The van der Waals surface area contributed by atoms with Crippen molar-refractivity contribution in [3.63, 3.8) is 0 Å². The van der Waals surface area contributed by atoms with E-state index in [1.165, 1.54) is 0 Å². The predicted octanol–water partition coefficient (Wildman–Crippen LogP) is 1.48. The van der Waals surface area contributed by atoms with Crippen LogP contribution in [0.25, 0.3) is 0 Å². The Labute approximate surface area is 73.9 Å². The lowest BCUT2D eigenvalue weighted by Crippen LogP contribution is -2.32. The first-order valence-corrected chi connectivity index (χ1v) is 4.59. The predicted molar refractivity (Wildman–Crippen MR) is 48.8 cm³/mol. The molecule has 1 aliphatic rings. The quantitative estimate of drug-likeness (QED) is 0.616. The molecule has 70 valence electrons. The molecule has 2 heteroatoms. The largest absolute Gasteiger partial charge is 0.393 e. The maximum atomic E-state index is 9.72. The molecule has 0 spiro atoms. The van der Waals surface area contributed by atoms with Crippen LogP contribution in [0.2, 0.25) is 0 Å². The van der Waals surface area contributed by atoms with Crippen LogP contribution in [0, 0.1) is 5.92 Å². The van der Waals surface area contributed by atoms with Crippen molar-refractivity contribution in [2.75, 3.05) is 6.61 Å². The molecule has 0 saturated carbocycles. The lowest BCUT2D eigenvalue weighted by atomic mass is 9.83. The average Bonchev–Trinajstić information content (AvgIpc) is 2.05. The van der Waals surface area contributed by atoms with E-state index < -0.39 is 5.60 Å². The van der Waals surface area contributed by atoms with Crippen LogP contribution in [0.4, 0.5) is 0 Å². The van der Waals surface area contributed by atoms with Crippen molar-refractivity contribution in [1.82, 2.24) is 0 Å². The van der Waals surface area contributed by atoms with Gasteiger partial charge in [0.2, 0.25) is 0 Å². The second-order valence-corrected chi connectivity index (χ2v) is 4.04. The zero-order valence-corrected chi connectivity index (χ0v) is 7.88. The minimum Gasteiger partial charge on any atom is -0.393 e. The summed E-state index contributed by atoms with van der Waals surface area (Å²) in [4.78, 5) is 0. The van der Waals surface area contributed by atoms with Crippen LogP contribution in [-0.2, 0) is 0 Å². The highest BCUT2D eigenvalue weighted by Crippen LogP contribution is 2.29. The van der Waals surface area contributed by atoms with Crippen LogP contribution in [0.3, 0.4) is 0 Å². The Hall–Kier alpha value is -0.340. The van der Waals surface area contributed by atoms with E-state index in [0.717, 1.165) is 30.8 Å². The minimum atomic E-state index is -0.986. The Morgan fingerprint density at radius 2 is 2.33 bits per heavy atom. The van der Waals surface area contributed by atoms with Gasteiger partial charge in [0, 0.05) is 0 Å². The number of hydrogen-bond acceptors (Lipinski definition) is 2. The van der Waals surface area contributed by atoms with Gasteiger partial charge in [0.1, 0.15) is 5.60 Å². The highest BCUT2D eigenvalue weighted by Gasteiger charge is 2.26. The van der Waals surface area contributed by atoms with Gasteiger partial charge in [-0.25, -0.2) is 0 Å². The zero-order chi connectivity index (χ0) is 9.19. The molecule has 0 fully saturated rings. The first-order valence-electron chi connectivity index (χ1n) is 4.59. The molecule has 0 saturated heterocycles. The molecule has 2 atom stereocenters. The van der Waals surface area contributed by atoms with Gasteiger partial charge in [-0.1, -0.05) is 13.0 Å². The van der Waals surface area contributed by atoms with Crippen LogP contribution >= 0.6 is 0 Å². The summed E-state index contributed by atoms with van der Waals surface area (Å²) in [5.41, 5.74) is 0.0169. The van der Waals surface area contributed by atoms with Crippen LogP contribution in [-0.4, -0.2) is 22.4 Å². The van der Waals surface area contributed by atoms with E-state index in [1.54, 1.807) is 6.92 Å². The smallest absolute Gasteiger partial charge is 0.106 e. The van der Waals surface area contributed by atoms with Crippen molar-refractivity contribution in [1.29, 1.82) is 0 Å². The van der Waals surface area contributed by atoms with Crippen LogP contribution in [0.1, 0.15) is 33.1 Å². The third kappa shape index (κ3) is 2.08. The van der Waals surface area contributed by atoms with Crippen molar-refractivity contribution in [2.45, 2.75) is 38.7 Å². The number of hydrogen-bond donors (Lipinski definition) is 2. The van der Waals surface area contributed by atoms with Gasteiger partial charge >= 0.3 is 0 Å². The molecule has 2 N–H and O–H groups in total. The van der Waals surface area contributed by atoms with Gasteiger partial charge in [-0.05, 0) is 37.7 Å². The summed E-state index contributed by atoms with van der Waals surface area (Å²) in [5, 5.41) is 18.6. The molecule has 0 radical (unpaired) electrons. The summed E-state index contributed by atoms with van der Waals surface area (Å²) >= 11 is 0. The first kappa shape index (κ1) is 9.75. The third-order valence-corrected chi connectivity index (χ3v) is 2.67. The summed E-state index contributed by atoms with van der Waals surface area (Å²) in [6.45, 7) is 3.71. The van der Waals surface area contributed by atoms with Crippen LogP contribution in [0.5, 0.6) is 0 Å². The summed E-state index contributed by atoms with van der Waals surface area (Å²) < 4.78 is 0. The molecule has 1 rings (SSSR count). The van der Waals surface area contributed by atoms with E-state index in [0.29, 0.717) is 0 Å². The summed E-state index contributed by atoms with van der Waals surface area (Å²) in [6.07, 6.45) is 5.16. The van der Waals surface area contributed by atoms with Gasteiger partial charge in [0.15, 0.2) is 0 Å². The SMILES string of the molecule is CC1CC=C(C(C)(O)CO)CC1. The molecule has 2 unspecified atom stereocenters. The molecule has 0 bridgehead atoms. The van der Waals surface area contributed by atoms with E-state index in [-0.39, 0.29) is 6.61 Å². The molecule has 12 heavy (non-hydrogen) atoms. The van der Waals surface area contributed by atoms with Gasteiger partial charge in [-0.3, -0.25) is 0 Å². The highest BCUT2D eigenvalue weighted by molar-refractivity contribution is 5.17. The first-order chi connectivity index (χ1) is 5.56. The molecule has 0 aliphatic heterocycles. The number of aliphatic hydroxyl groups excluding tert-OH is 1. The van der Waals surface area contributed by atoms with Gasteiger partial charge in [-0.15, -0.1) is 0 Å². The molecule has 0 aromatic rings. The van der Waals surface area contributed by atoms with Crippen molar-refractivity contribution in [3.05, 3.63) is 11.6 Å². The van der Waals surface area contributed by atoms with Gasteiger partial charge in [0.25, 0.3) is 0 Å². The van der Waals surface area contributed by atoms with E-state index in [4.69, 9.17) is 5.11 Å². The second kappa shape index (κ2) is 3.58. The molecule has 1 aliphatic carbocycles. The van der Waals surface area contributed by atoms with Crippen LogP contribution < -0.4 is 0 Å². The summed E-state index contributed by atoms with van der Waals surface area (Å²) in [6, 6.07) is 0. The van der Waals surface area contributed by atoms with E-state index in [1.807, 2.05) is 0 Å². The number of aliphatic hydroxyl groups is 2. The van der Waals surface area contributed by atoms with Crippen molar-refractivity contribution >= 4 is 0 Å². The molecule has 0 heterocycles. The molecular weight excluding hydrogens is 152 g/mol.